The van der Waals surface area contributed by atoms with Gasteiger partial charge < -0.3 is 73.8 Å². The molecule has 0 radical (unpaired) electrons. The number of carbonyl (C=O) groups is 11. The van der Waals surface area contributed by atoms with Gasteiger partial charge in [-0.05, 0) is 48.1 Å². The molecule has 1 saturated heterocycles. The molecule has 3 aromatic rings. The van der Waals surface area contributed by atoms with Crippen molar-refractivity contribution in [1.82, 2.24) is 67.0 Å². The SMILES string of the molecule is CCC(=O)NCCNC(=O)NC(N)=NCCC[C@@H](NC(=O)[C@@H](c1cccc(NC(=O)CCCNC(=O)[C@@H](CO)NC(=O)CCNC(=O)CN2CCN(CC(=O)O)CCN(CC(=O)O)CCN(CC(=O)O)CC2)c1)N1Cc2ccccc2C1)C(=O)NCc1c(F)cc(O)cc1F. The number of anilines is 1. The molecule has 0 bridgehead atoms. The molecular weight excluding hydrogens is 1250 g/mol. The number of urea groups is 1. The van der Waals surface area contributed by atoms with E-state index < -0.39 is 114 Å². The maximum atomic E-state index is 14.8. The van der Waals surface area contributed by atoms with Crippen molar-refractivity contribution < 1.29 is 87.1 Å². The van der Waals surface area contributed by atoms with Crippen LogP contribution >= 0.6 is 0 Å². The Morgan fingerprint density at radius 2 is 1.13 bits per heavy atom. The highest BCUT2D eigenvalue weighted by Gasteiger charge is 2.35. The summed E-state index contributed by atoms with van der Waals surface area (Å²) in [6, 6.07) is 10.8. The van der Waals surface area contributed by atoms with Crippen molar-refractivity contribution in [3.63, 3.8) is 0 Å². The lowest BCUT2D eigenvalue weighted by atomic mass is 10.0. The van der Waals surface area contributed by atoms with Gasteiger partial charge in [0.05, 0.1) is 32.8 Å². The Balaban J connectivity index is 1.15. The minimum Gasteiger partial charge on any atom is -0.508 e. The third-order valence-electron chi connectivity index (χ3n) is 15.2. The number of aliphatic hydroxyl groups is 1. The Kier molecular flexibility index (Phi) is 32.0. The Bertz CT molecular complexity index is 3100. The second kappa shape index (κ2) is 39.9. The first kappa shape index (κ1) is 76.2. The molecule has 16 N–H and O–H groups in total. The smallest absolute Gasteiger partial charge is 0.321 e. The number of hydrogen-bond donors (Lipinski definition) is 15. The maximum absolute atomic E-state index is 14.8. The molecule has 0 saturated carbocycles. The molecule has 2 heterocycles. The van der Waals surface area contributed by atoms with Gasteiger partial charge in [0.2, 0.25) is 41.4 Å². The van der Waals surface area contributed by atoms with Gasteiger partial charge >= 0.3 is 23.9 Å². The van der Waals surface area contributed by atoms with Gasteiger partial charge in [-0.3, -0.25) is 82.8 Å². The number of phenols is 1. The molecular formula is C61H86F2N16O16. The average molecular weight is 1340 g/mol. The van der Waals surface area contributed by atoms with Gasteiger partial charge in [-0.15, -0.1) is 0 Å². The van der Waals surface area contributed by atoms with E-state index in [1.807, 2.05) is 29.2 Å². The Labute approximate surface area is 546 Å². The number of phenolic OH excluding ortho intramolecular Hbond substituents is 1. The van der Waals surface area contributed by atoms with Crippen molar-refractivity contribution in [3.8, 4) is 5.75 Å². The Hall–Kier alpha value is -9.48. The highest BCUT2D eigenvalue weighted by Crippen LogP contribution is 2.33. The molecule has 0 spiro atoms. The van der Waals surface area contributed by atoms with E-state index in [1.54, 1.807) is 50.8 Å². The van der Waals surface area contributed by atoms with Crippen LogP contribution in [0.2, 0.25) is 0 Å². The number of aliphatic imine (C=N–C) groups is 1. The zero-order chi connectivity index (χ0) is 69.4. The molecule has 3 atom stereocenters. The molecule has 0 aliphatic carbocycles. The highest BCUT2D eigenvalue weighted by molar-refractivity contribution is 5.95. The van der Waals surface area contributed by atoms with E-state index in [2.05, 4.69) is 52.8 Å². The predicted molar refractivity (Wildman–Crippen MR) is 338 cm³/mol. The number of carbonyl (C=O) groups excluding carboxylic acids is 8. The number of benzene rings is 3. The molecule has 3 aromatic carbocycles. The Morgan fingerprint density at radius 1 is 0.579 bits per heavy atom. The summed E-state index contributed by atoms with van der Waals surface area (Å²) in [5, 5.41) is 71.3. The van der Waals surface area contributed by atoms with Crippen LogP contribution in [0, 0.1) is 11.6 Å². The first-order chi connectivity index (χ1) is 45.4. The summed E-state index contributed by atoms with van der Waals surface area (Å²) in [5.74, 6) is -10.6. The topological polar surface area (TPSA) is 452 Å². The number of nitrogens with zero attached hydrogens (tertiary/aromatic N) is 6. The second-order valence-corrected chi connectivity index (χ2v) is 22.5. The zero-order valence-electron chi connectivity index (χ0n) is 52.8. The first-order valence-corrected chi connectivity index (χ1v) is 31.0. The van der Waals surface area contributed by atoms with Gasteiger partial charge in [-0.2, -0.15) is 0 Å². The van der Waals surface area contributed by atoms with E-state index in [1.165, 1.54) is 0 Å². The first-order valence-electron chi connectivity index (χ1n) is 31.0. The second-order valence-electron chi connectivity index (χ2n) is 22.5. The number of carboxylic acid groups (broad SMARTS) is 3. The average Bonchev–Trinajstić information content (AvgIpc) is 1.67. The molecule has 32 nitrogen and oxygen atoms in total. The third-order valence-corrected chi connectivity index (χ3v) is 15.2. The van der Waals surface area contributed by atoms with Crippen LogP contribution in [0.15, 0.2) is 65.7 Å². The molecule has 0 aromatic heterocycles. The fraction of sp³-hybridized carbons (Fsp3) is 0.508. The van der Waals surface area contributed by atoms with E-state index in [9.17, 15) is 87.1 Å². The number of aromatic hydroxyl groups is 1. The van der Waals surface area contributed by atoms with Crippen LogP contribution in [-0.4, -0.2) is 251 Å². The van der Waals surface area contributed by atoms with Crippen molar-refractivity contribution in [2.24, 2.45) is 10.7 Å². The van der Waals surface area contributed by atoms with Gasteiger partial charge in [0, 0.05) is 147 Å². The molecule has 95 heavy (non-hydrogen) atoms. The molecule has 0 unspecified atom stereocenters. The summed E-state index contributed by atoms with van der Waals surface area (Å²) < 4.78 is 29.6. The number of amides is 9. The lowest BCUT2D eigenvalue weighted by molar-refractivity contribution is -0.140. The molecule has 2 aliphatic rings. The predicted octanol–water partition coefficient (Wildman–Crippen LogP) is -2.26. The number of nitrogens with one attached hydrogen (secondary N) is 9. The van der Waals surface area contributed by atoms with Gasteiger partial charge in [-0.25, -0.2) is 13.6 Å². The summed E-state index contributed by atoms with van der Waals surface area (Å²) in [6.45, 7) is 1.13. The summed E-state index contributed by atoms with van der Waals surface area (Å²) in [7, 11) is 0. The standard InChI is InChI=1S/C61H86F2N16O16/c1-2-49(82)66-18-19-69-61(95)74-60(64)68-16-6-12-47(57(92)70-31-44-45(62)29-43(81)30-46(44)63)73-59(94)56(79-32-40-8-3-4-9-41(40)33-79)39-10-5-11-42(28-39)71-50(83)13-7-15-67-58(93)48(38-80)72-51(84)14-17-65-52(85)34-75-20-22-76(35-53(86)87)24-26-78(37-55(90)91)27-25-77(23-21-75)36-54(88)89/h3-5,8-11,28-30,47-48,56,80-81H,2,6-7,12-27,31-38H2,1H3,(H,65,85)(H,66,82)(H,67,93)(H,70,92)(H,71,83)(H,72,84)(H,73,94)(H,86,87)(H,88,89)(H,90,91)(H4,64,68,69,74,95)/t47-,48-,56-/m1/s1. The van der Waals surface area contributed by atoms with Crippen molar-refractivity contribution in [2.75, 3.05) is 123 Å². The van der Waals surface area contributed by atoms with Gasteiger partial charge in [0.1, 0.15) is 35.5 Å². The lowest BCUT2D eigenvalue weighted by Gasteiger charge is -2.32. The lowest BCUT2D eigenvalue weighted by Crippen LogP contribution is -2.50. The van der Waals surface area contributed by atoms with Crippen LogP contribution in [0.5, 0.6) is 5.75 Å². The molecule has 1 fully saturated rings. The van der Waals surface area contributed by atoms with Crippen LogP contribution in [0.25, 0.3) is 0 Å². The van der Waals surface area contributed by atoms with E-state index in [0.29, 0.717) is 30.8 Å². The van der Waals surface area contributed by atoms with Crippen molar-refractivity contribution in [2.45, 2.75) is 83.2 Å². The van der Waals surface area contributed by atoms with Crippen LogP contribution in [0.3, 0.4) is 0 Å². The molecule has 9 amide bonds. The van der Waals surface area contributed by atoms with Crippen molar-refractivity contribution in [1.29, 1.82) is 0 Å². The fourth-order valence-corrected chi connectivity index (χ4v) is 10.3. The van der Waals surface area contributed by atoms with E-state index in [-0.39, 0.29) is 167 Å². The quantitative estimate of drug-likeness (QED) is 0.0170. The fourth-order valence-electron chi connectivity index (χ4n) is 10.3. The van der Waals surface area contributed by atoms with E-state index >= 15 is 0 Å². The normalized spacial score (nSPS) is 15.4. The minimum absolute atomic E-state index is 0.0556. The van der Waals surface area contributed by atoms with Gasteiger partial charge in [0.15, 0.2) is 5.96 Å². The number of hydrogen-bond acceptors (Lipinski definition) is 19. The highest BCUT2D eigenvalue weighted by atomic mass is 19.1. The Morgan fingerprint density at radius 3 is 1.68 bits per heavy atom. The number of fused-ring (bicyclic) bond motifs is 1. The molecule has 2 aliphatic heterocycles. The van der Waals surface area contributed by atoms with Crippen molar-refractivity contribution >= 4 is 76.9 Å². The number of rotatable bonds is 34. The zero-order valence-corrected chi connectivity index (χ0v) is 52.8. The van der Waals surface area contributed by atoms with Gasteiger partial charge in [-0.1, -0.05) is 43.3 Å². The number of nitrogens with two attached hydrogens (primary N) is 1. The maximum Gasteiger partial charge on any atom is 0.321 e. The summed E-state index contributed by atoms with van der Waals surface area (Å²) in [4.78, 5) is 152. The third kappa shape index (κ3) is 27.9. The summed E-state index contributed by atoms with van der Waals surface area (Å²) in [6.07, 6.45) is -0.0456. The van der Waals surface area contributed by atoms with Crippen LogP contribution < -0.4 is 53.6 Å². The van der Waals surface area contributed by atoms with Crippen LogP contribution in [-0.2, 0) is 67.6 Å². The number of guanidine groups is 1. The molecule has 520 valence electrons. The van der Waals surface area contributed by atoms with E-state index in [4.69, 9.17) is 5.73 Å². The van der Waals surface area contributed by atoms with Crippen molar-refractivity contribution in [3.05, 3.63) is 94.6 Å². The number of aliphatic carboxylic acids is 3. The number of aliphatic hydroxyl groups excluding tert-OH is 1. The number of halogens is 2. The molecule has 34 heteroatoms. The minimum atomic E-state index is -1.39. The van der Waals surface area contributed by atoms with Gasteiger partial charge in [0.25, 0.3) is 0 Å². The largest absolute Gasteiger partial charge is 0.508 e. The van der Waals surface area contributed by atoms with Crippen LogP contribution in [0.1, 0.15) is 73.7 Å². The molecule has 5 rings (SSSR count). The van der Waals surface area contributed by atoms with Crippen LogP contribution in [0.4, 0.5) is 19.3 Å². The van der Waals surface area contributed by atoms with E-state index in [0.717, 1.165) is 11.1 Å². The monoisotopic (exact) mass is 1340 g/mol. The summed E-state index contributed by atoms with van der Waals surface area (Å²) in [5.41, 5.74) is 7.92. The summed E-state index contributed by atoms with van der Waals surface area (Å²) >= 11 is 0. The number of carboxylic acids is 3.